The molecule has 3 aromatic rings. The van der Waals surface area contributed by atoms with Crippen LogP contribution in [0, 0.1) is 5.92 Å². The number of hydrogen-bond donors (Lipinski definition) is 2. The highest BCUT2D eigenvalue weighted by molar-refractivity contribution is 6.31. The van der Waals surface area contributed by atoms with Gasteiger partial charge in [-0.15, -0.1) is 10.2 Å². The first-order chi connectivity index (χ1) is 14.7. The number of benzene rings is 1. The molecule has 1 atom stereocenters. The fourth-order valence-corrected chi connectivity index (χ4v) is 3.97. The van der Waals surface area contributed by atoms with E-state index in [1.807, 2.05) is 45.0 Å². The third-order valence-electron chi connectivity index (χ3n) is 5.10. The van der Waals surface area contributed by atoms with Crippen molar-refractivity contribution in [2.45, 2.75) is 45.7 Å². The molecular weight excluding hydrogens is 416 g/mol. The van der Waals surface area contributed by atoms with E-state index in [0.717, 1.165) is 18.5 Å². The van der Waals surface area contributed by atoms with Crippen molar-refractivity contribution in [1.29, 1.82) is 0 Å². The molecule has 1 amide bonds. The summed E-state index contributed by atoms with van der Waals surface area (Å²) in [5, 5.41) is 13.3. The molecule has 10 heteroatoms. The third kappa shape index (κ3) is 5.04. The number of fused-ring (bicyclic) bond motifs is 1. The zero-order valence-electron chi connectivity index (χ0n) is 18.0. The van der Waals surface area contributed by atoms with Crippen LogP contribution in [0.25, 0.3) is 11.2 Å². The summed E-state index contributed by atoms with van der Waals surface area (Å²) < 4.78 is 0. The van der Waals surface area contributed by atoms with E-state index in [1.165, 1.54) is 0 Å². The Balaban J connectivity index is 1.71. The normalized spacial score (nSPS) is 16.8. The van der Waals surface area contributed by atoms with Gasteiger partial charge in [0.1, 0.15) is 0 Å². The maximum absolute atomic E-state index is 11.4. The van der Waals surface area contributed by atoms with Crippen molar-refractivity contribution < 1.29 is 4.79 Å². The van der Waals surface area contributed by atoms with Crippen LogP contribution in [-0.2, 0) is 11.3 Å². The predicted octanol–water partition coefficient (Wildman–Crippen LogP) is 2.84. The van der Waals surface area contributed by atoms with Gasteiger partial charge in [-0.1, -0.05) is 29.8 Å². The molecule has 0 unspecified atom stereocenters. The second-order valence-electron chi connectivity index (χ2n) is 9.01. The molecule has 0 saturated carbocycles. The van der Waals surface area contributed by atoms with Crippen molar-refractivity contribution in [1.82, 2.24) is 25.0 Å². The SMILES string of the molecule is CC(C)(C)Nc1nc(N2CC[C@@H](CC(N)=O)C2)c2nn(Cc3ccccc3Cl)nc2n1. The van der Waals surface area contributed by atoms with E-state index in [9.17, 15) is 4.79 Å². The first kappa shape index (κ1) is 21.3. The Bertz CT molecular complexity index is 1110. The van der Waals surface area contributed by atoms with E-state index in [0.29, 0.717) is 47.5 Å². The highest BCUT2D eigenvalue weighted by Gasteiger charge is 2.28. The maximum atomic E-state index is 11.4. The molecule has 1 aliphatic heterocycles. The molecule has 0 radical (unpaired) electrons. The van der Waals surface area contributed by atoms with Gasteiger partial charge < -0.3 is 16.0 Å². The number of anilines is 2. The molecule has 1 saturated heterocycles. The minimum absolute atomic E-state index is 0.208. The molecule has 4 rings (SSSR count). The Morgan fingerprint density at radius 1 is 1.26 bits per heavy atom. The largest absolute Gasteiger partial charge is 0.370 e. The van der Waals surface area contributed by atoms with Gasteiger partial charge in [-0.2, -0.15) is 14.8 Å². The van der Waals surface area contributed by atoms with Crippen molar-refractivity contribution in [2.75, 3.05) is 23.3 Å². The molecular formula is C21H27ClN8O. The fraction of sp³-hybridized carbons (Fsp3) is 0.476. The number of nitrogens with two attached hydrogens (primary N) is 1. The third-order valence-corrected chi connectivity index (χ3v) is 5.47. The van der Waals surface area contributed by atoms with E-state index in [1.54, 1.807) is 4.80 Å². The standard InChI is InChI=1S/C21H27ClN8O/c1-21(2,3)26-20-24-18-17(19(25-20)29-9-8-13(11-29)10-16(23)31)27-30(28-18)12-14-6-4-5-7-15(14)22/h4-7,13H,8-12H2,1-3H3,(H2,23,31)(H,24,26,28)/t13-/m0/s1. The van der Waals surface area contributed by atoms with E-state index in [-0.39, 0.29) is 17.4 Å². The van der Waals surface area contributed by atoms with Crippen LogP contribution in [-0.4, -0.2) is 49.5 Å². The molecule has 1 fully saturated rings. The Kier molecular flexibility index (Phi) is 5.70. The lowest BCUT2D eigenvalue weighted by molar-refractivity contribution is -0.118. The lowest BCUT2D eigenvalue weighted by Crippen LogP contribution is -2.28. The Morgan fingerprint density at radius 2 is 2.03 bits per heavy atom. The molecule has 164 valence electrons. The van der Waals surface area contributed by atoms with Gasteiger partial charge in [-0.3, -0.25) is 4.79 Å². The van der Waals surface area contributed by atoms with Gasteiger partial charge in [-0.25, -0.2) is 0 Å². The zero-order chi connectivity index (χ0) is 22.2. The zero-order valence-corrected chi connectivity index (χ0v) is 18.7. The molecule has 0 bridgehead atoms. The number of nitrogens with one attached hydrogen (secondary N) is 1. The van der Waals surface area contributed by atoms with Gasteiger partial charge in [-0.05, 0) is 44.7 Å². The van der Waals surface area contributed by atoms with E-state index in [4.69, 9.17) is 22.3 Å². The van der Waals surface area contributed by atoms with Gasteiger partial charge in [0, 0.05) is 30.1 Å². The number of rotatable bonds is 6. The van der Waals surface area contributed by atoms with Crippen molar-refractivity contribution in [3.63, 3.8) is 0 Å². The number of halogens is 1. The fourth-order valence-electron chi connectivity index (χ4n) is 3.78. The first-order valence-corrected chi connectivity index (χ1v) is 10.7. The summed E-state index contributed by atoms with van der Waals surface area (Å²) in [4.78, 5) is 24.5. The van der Waals surface area contributed by atoms with Crippen molar-refractivity contribution in [3.05, 3.63) is 34.9 Å². The maximum Gasteiger partial charge on any atom is 0.227 e. The number of primary amides is 1. The highest BCUT2D eigenvalue weighted by Crippen LogP contribution is 2.30. The van der Waals surface area contributed by atoms with Crippen LogP contribution < -0.4 is 16.0 Å². The summed E-state index contributed by atoms with van der Waals surface area (Å²) in [6, 6.07) is 7.62. The van der Waals surface area contributed by atoms with Crippen LogP contribution in [0.2, 0.25) is 5.02 Å². The Hall–Kier alpha value is -2.94. The van der Waals surface area contributed by atoms with Crippen LogP contribution in [0.3, 0.4) is 0 Å². The first-order valence-electron chi connectivity index (χ1n) is 10.4. The predicted molar refractivity (Wildman–Crippen MR) is 121 cm³/mol. The summed E-state index contributed by atoms with van der Waals surface area (Å²) in [5.74, 6) is 1.15. The van der Waals surface area contributed by atoms with Crippen LogP contribution in [0.15, 0.2) is 24.3 Å². The number of carbonyl (C=O) groups is 1. The molecule has 1 aliphatic rings. The van der Waals surface area contributed by atoms with Crippen LogP contribution >= 0.6 is 11.6 Å². The molecule has 1 aromatic carbocycles. The van der Waals surface area contributed by atoms with E-state index < -0.39 is 0 Å². The Labute approximate surface area is 186 Å². The molecule has 0 spiro atoms. The quantitative estimate of drug-likeness (QED) is 0.603. The molecule has 2 aromatic heterocycles. The Morgan fingerprint density at radius 3 is 2.74 bits per heavy atom. The highest BCUT2D eigenvalue weighted by atomic mass is 35.5. The van der Waals surface area contributed by atoms with Gasteiger partial charge >= 0.3 is 0 Å². The summed E-state index contributed by atoms with van der Waals surface area (Å²) in [5.41, 5.74) is 7.26. The van der Waals surface area contributed by atoms with Crippen LogP contribution in [0.1, 0.15) is 39.2 Å². The summed E-state index contributed by atoms with van der Waals surface area (Å²) in [6.45, 7) is 8.05. The lowest BCUT2D eigenvalue weighted by Gasteiger charge is -2.22. The van der Waals surface area contributed by atoms with E-state index >= 15 is 0 Å². The van der Waals surface area contributed by atoms with Crippen LogP contribution in [0.4, 0.5) is 11.8 Å². The molecule has 3 heterocycles. The summed E-state index contributed by atoms with van der Waals surface area (Å²) in [7, 11) is 0. The number of nitrogens with zero attached hydrogens (tertiary/aromatic N) is 6. The van der Waals surface area contributed by atoms with Crippen LogP contribution in [0.5, 0.6) is 0 Å². The van der Waals surface area contributed by atoms with E-state index in [2.05, 4.69) is 25.4 Å². The number of aromatic nitrogens is 5. The summed E-state index contributed by atoms with van der Waals surface area (Å²) >= 11 is 6.31. The molecule has 31 heavy (non-hydrogen) atoms. The summed E-state index contributed by atoms with van der Waals surface area (Å²) in [6.07, 6.45) is 1.25. The van der Waals surface area contributed by atoms with Crippen molar-refractivity contribution >= 4 is 40.4 Å². The van der Waals surface area contributed by atoms with Gasteiger partial charge in [0.2, 0.25) is 17.5 Å². The average Bonchev–Trinajstić information content (AvgIpc) is 3.27. The monoisotopic (exact) mass is 442 g/mol. The second-order valence-corrected chi connectivity index (χ2v) is 9.42. The van der Waals surface area contributed by atoms with Crippen molar-refractivity contribution in [2.24, 2.45) is 11.7 Å². The number of hydrogen-bond acceptors (Lipinski definition) is 7. The smallest absolute Gasteiger partial charge is 0.227 e. The minimum atomic E-state index is -0.277. The number of amides is 1. The topological polar surface area (TPSA) is 115 Å². The lowest BCUT2D eigenvalue weighted by atomic mass is 10.1. The second kappa shape index (κ2) is 8.30. The molecule has 9 nitrogen and oxygen atoms in total. The minimum Gasteiger partial charge on any atom is -0.370 e. The van der Waals surface area contributed by atoms with Crippen molar-refractivity contribution in [3.8, 4) is 0 Å². The van der Waals surface area contributed by atoms with Gasteiger partial charge in [0.25, 0.3) is 0 Å². The number of carbonyl (C=O) groups excluding carboxylic acids is 1. The molecule has 0 aliphatic carbocycles. The van der Waals surface area contributed by atoms with Gasteiger partial charge in [0.15, 0.2) is 11.3 Å². The molecule has 3 N–H and O–H groups in total. The van der Waals surface area contributed by atoms with Gasteiger partial charge in [0.05, 0.1) is 6.54 Å². The average molecular weight is 443 g/mol.